The Morgan fingerprint density at radius 1 is 1.23 bits per heavy atom. The number of hydrogen-bond acceptors (Lipinski definition) is 4. The van der Waals surface area contributed by atoms with Crippen molar-refractivity contribution in [2.45, 2.75) is 6.04 Å². The molecule has 0 aliphatic carbocycles. The van der Waals surface area contributed by atoms with Crippen molar-refractivity contribution in [3.8, 4) is 17.2 Å². The van der Waals surface area contributed by atoms with Crippen molar-refractivity contribution >= 4 is 0 Å². The predicted molar refractivity (Wildman–Crippen MR) is 48.6 cm³/mol. The first-order valence-electron chi connectivity index (χ1n) is 3.69. The van der Waals surface area contributed by atoms with Gasteiger partial charge in [-0.25, -0.2) is 0 Å². The van der Waals surface area contributed by atoms with E-state index in [4.69, 9.17) is 21.1 Å². The lowest BCUT2D eigenvalue weighted by atomic mass is 10.1. The third-order valence-corrected chi connectivity index (χ3v) is 1.73. The summed E-state index contributed by atoms with van der Waals surface area (Å²) in [5.74, 6) is -1.33. The molecule has 0 radical (unpaired) electrons. The van der Waals surface area contributed by atoms with Gasteiger partial charge in [-0.15, -0.1) is 6.58 Å². The molecule has 0 aromatic heterocycles. The molecule has 5 N–H and O–H groups in total. The molecule has 4 nitrogen and oxygen atoms in total. The van der Waals surface area contributed by atoms with E-state index in [1.165, 1.54) is 18.2 Å². The van der Waals surface area contributed by atoms with Crippen molar-refractivity contribution in [3.63, 3.8) is 0 Å². The Bertz CT molecular complexity index is 313. The average molecular weight is 181 g/mol. The van der Waals surface area contributed by atoms with E-state index in [9.17, 15) is 0 Å². The van der Waals surface area contributed by atoms with Gasteiger partial charge in [-0.1, -0.05) is 6.08 Å². The monoisotopic (exact) mass is 181 g/mol. The minimum absolute atomic E-state index is 0.396. The van der Waals surface area contributed by atoms with E-state index >= 15 is 0 Å². The zero-order chi connectivity index (χ0) is 10.0. The van der Waals surface area contributed by atoms with Crippen LogP contribution in [0.5, 0.6) is 17.2 Å². The number of aromatic hydroxyl groups is 3. The van der Waals surface area contributed by atoms with E-state index in [2.05, 4.69) is 6.58 Å². The lowest BCUT2D eigenvalue weighted by Crippen LogP contribution is -2.05. The Kier molecular flexibility index (Phi) is 2.44. The summed E-state index contributed by atoms with van der Waals surface area (Å²) in [6, 6.07) is 2.08. The molecule has 0 aliphatic heterocycles. The topological polar surface area (TPSA) is 86.7 Å². The van der Waals surface area contributed by atoms with Crippen LogP contribution < -0.4 is 5.73 Å². The number of rotatable bonds is 2. The van der Waals surface area contributed by atoms with Crippen LogP contribution in [0.3, 0.4) is 0 Å². The Morgan fingerprint density at radius 2 is 1.69 bits per heavy atom. The predicted octanol–water partition coefficient (Wildman–Crippen LogP) is 0.989. The lowest BCUT2D eigenvalue weighted by Gasteiger charge is -2.08. The Labute approximate surface area is 75.6 Å². The fourth-order valence-electron chi connectivity index (χ4n) is 0.954. The average Bonchev–Trinajstić information content (AvgIpc) is 2.12. The van der Waals surface area contributed by atoms with Gasteiger partial charge in [0.1, 0.15) is 0 Å². The van der Waals surface area contributed by atoms with Gasteiger partial charge in [0.25, 0.3) is 0 Å². The maximum atomic E-state index is 9.13. The summed E-state index contributed by atoms with van der Waals surface area (Å²) in [6.07, 6.45) is 1.46. The largest absolute Gasteiger partial charge is 0.504 e. The van der Waals surface area contributed by atoms with Gasteiger partial charge in [0.2, 0.25) is 0 Å². The van der Waals surface area contributed by atoms with E-state index in [0.717, 1.165) is 0 Å². The molecular formula is C9H11NO3. The van der Waals surface area contributed by atoms with Crippen molar-refractivity contribution in [2.24, 2.45) is 5.73 Å². The second-order valence-corrected chi connectivity index (χ2v) is 2.67. The molecule has 0 aliphatic rings. The summed E-state index contributed by atoms with van der Waals surface area (Å²) in [7, 11) is 0. The standard InChI is InChI=1S/C9H11NO3/c1-2-6(10)5-3-7(11)9(13)8(12)4-5/h2-4,6,11-13H,1,10H2/t6-/m1/s1. The molecule has 0 spiro atoms. The second-order valence-electron chi connectivity index (χ2n) is 2.67. The Morgan fingerprint density at radius 3 is 2.08 bits per heavy atom. The molecule has 0 heterocycles. The van der Waals surface area contributed by atoms with Gasteiger partial charge in [-0.3, -0.25) is 0 Å². The van der Waals surface area contributed by atoms with Crippen LogP contribution in [-0.4, -0.2) is 15.3 Å². The molecule has 0 saturated heterocycles. The molecule has 0 fully saturated rings. The Hall–Kier alpha value is -1.68. The quantitative estimate of drug-likeness (QED) is 0.404. The van der Waals surface area contributed by atoms with E-state index in [1.807, 2.05) is 0 Å². The van der Waals surface area contributed by atoms with Crippen LogP contribution in [0, 0.1) is 0 Å². The van der Waals surface area contributed by atoms with E-state index in [1.54, 1.807) is 0 Å². The van der Waals surface area contributed by atoms with Crippen molar-refractivity contribution in [3.05, 3.63) is 30.4 Å². The first kappa shape index (κ1) is 9.41. The highest BCUT2D eigenvalue weighted by Gasteiger charge is 2.10. The van der Waals surface area contributed by atoms with E-state index < -0.39 is 23.3 Å². The fraction of sp³-hybridized carbons (Fsp3) is 0.111. The molecule has 1 aromatic rings. The zero-order valence-corrected chi connectivity index (χ0v) is 6.94. The van der Waals surface area contributed by atoms with Crippen molar-refractivity contribution in [1.82, 2.24) is 0 Å². The Balaban J connectivity index is 3.20. The fourth-order valence-corrected chi connectivity index (χ4v) is 0.954. The van der Waals surface area contributed by atoms with Gasteiger partial charge in [0.15, 0.2) is 17.2 Å². The van der Waals surface area contributed by atoms with Crippen LogP contribution in [0.2, 0.25) is 0 Å². The molecule has 0 unspecified atom stereocenters. The summed E-state index contributed by atoms with van der Waals surface area (Å²) >= 11 is 0. The van der Waals surface area contributed by atoms with Gasteiger partial charge in [0, 0.05) is 6.04 Å². The van der Waals surface area contributed by atoms with Crippen LogP contribution in [0.15, 0.2) is 24.8 Å². The van der Waals surface area contributed by atoms with Crippen LogP contribution in [-0.2, 0) is 0 Å². The number of phenols is 3. The molecule has 13 heavy (non-hydrogen) atoms. The number of benzene rings is 1. The highest BCUT2D eigenvalue weighted by molar-refractivity contribution is 5.52. The molecule has 70 valence electrons. The first-order valence-corrected chi connectivity index (χ1v) is 3.69. The third-order valence-electron chi connectivity index (χ3n) is 1.73. The van der Waals surface area contributed by atoms with Gasteiger partial charge in [0.05, 0.1) is 0 Å². The number of nitrogens with two attached hydrogens (primary N) is 1. The van der Waals surface area contributed by atoms with Gasteiger partial charge < -0.3 is 21.1 Å². The molecule has 1 atom stereocenters. The minimum atomic E-state index is -0.542. The maximum absolute atomic E-state index is 9.13. The van der Waals surface area contributed by atoms with Crippen molar-refractivity contribution in [2.75, 3.05) is 0 Å². The molecule has 0 saturated carbocycles. The lowest BCUT2D eigenvalue weighted by molar-refractivity contribution is 0.367. The molecule has 1 aromatic carbocycles. The van der Waals surface area contributed by atoms with Crippen LogP contribution in [0.4, 0.5) is 0 Å². The summed E-state index contributed by atoms with van der Waals surface area (Å²) < 4.78 is 0. The zero-order valence-electron chi connectivity index (χ0n) is 6.94. The molecular weight excluding hydrogens is 170 g/mol. The van der Waals surface area contributed by atoms with Crippen molar-refractivity contribution < 1.29 is 15.3 Å². The minimum Gasteiger partial charge on any atom is -0.504 e. The van der Waals surface area contributed by atoms with Gasteiger partial charge in [-0.2, -0.15) is 0 Å². The number of hydrogen-bond donors (Lipinski definition) is 4. The summed E-state index contributed by atoms with van der Waals surface area (Å²) in [5.41, 5.74) is 6.05. The number of phenolic OH excluding ortho intramolecular Hbond substituents is 3. The third kappa shape index (κ3) is 1.73. The van der Waals surface area contributed by atoms with Crippen LogP contribution >= 0.6 is 0 Å². The summed E-state index contributed by atoms with van der Waals surface area (Å²) in [4.78, 5) is 0. The van der Waals surface area contributed by atoms with Crippen LogP contribution in [0.1, 0.15) is 11.6 Å². The first-order chi connectivity index (χ1) is 6.06. The van der Waals surface area contributed by atoms with Crippen molar-refractivity contribution in [1.29, 1.82) is 0 Å². The summed E-state index contributed by atoms with van der Waals surface area (Å²) in [5, 5.41) is 27.3. The van der Waals surface area contributed by atoms with Gasteiger partial charge in [-0.05, 0) is 17.7 Å². The maximum Gasteiger partial charge on any atom is 0.200 e. The highest BCUT2D eigenvalue weighted by Crippen LogP contribution is 2.36. The van der Waals surface area contributed by atoms with E-state index in [0.29, 0.717) is 5.56 Å². The normalized spacial score (nSPS) is 12.4. The second kappa shape index (κ2) is 3.37. The summed E-state index contributed by atoms with van der Waals surface area (Å²) in [6.45, 7) is 3.47. The molecule has 1 rings (SSSR count). The SMILES string of the molecule is C=C[C@@H](N)c1cc(O)c(O)c(O)c1. The van der Waals surface area contributed by atoms with Gasteiger partial charge >= 0.3 is 0 Å². The van der Waals surface area contributed by atoms with Crippen LogP contribution in [0.25, 0.3) is 0 Å². The molecule has 0 bridgehead atoms. The molecule has 0 amide bonds. The molecule has 4 heteroatoms. The van der Waals surface area contributed by atoms with E-state index in [-0.39, 0.29) is 0 Å². The smallest absolute Gasteiger partial charge is 0.200 e. The highest BCUT2D eigenvalue weighted by atomic mass is 16.3.